The SMILES string of the molecule is COc1cc(C)c(C2CC(N)C2)cc1C. The van der Waals surface area contributed by atoms with Gasteiger partial charge in [0.05, 0.1) is 7.11 Å². The molecule has 2 N–H and O–H groups in total. The quantitative estimate of drug-likeness (QED) is 0.805. The lowest BCUT2D eigenvalue weighted by atomic mass is 9.74. The molecule has 2 nitrogen and oxygen atoms in total. The van der Waals surface area contributed by atoms with Crippen molar-refractivity contribution in [3.63, 3.8) is 0 Å². The van der Waals surface area contributed by atoms with E-state index in [-0.39, 0.29) is 0 Å². The smallest absolute Gasteiger partial charge is 0.122 e. The minimum Gasteiger partial charge on any atom is -0.496 e. The van der Waals surface area contributed by atoms with Gasteiger partial charge in [-0.2, -0.15) is 0 Å². The predicted octanol–water partition coefficient (Wildman–Crippen LogP) is 2.52. The highest BCUT2D eigenvalue weighted by Gasteiger charge is 2.28. The van der Waals surface area contributed by atoms with Gasteiger partial charge in [0.15, 0.2) is 0 Å². The van der Waals surface area contributed by atoms with Crippen molar-refractivity contribution in [2.45, 2.75) is 38.6 Å². The van der Waals surface area contributed by atoms with Gasteiger partial charge < -0.3 is 10.5 Å². The van der Waals surface area contributed by atoms with Crippen molar-refractivity contribution in [1.82, 2.24) is 0 Å². The van der Waals surface area contributed by atoms with Crippen LogP contribution in [0.15, 0.2) is 12.1 Å². The van der Waals surface area contributed by atoms with Gasteiger partial charge in [0.1, 0.15) is 5.75 Å². The Kier molecular flexibility index (Phi) is 2.70. The van der Waals surface area contributed by atoms with Crippen LogP contribution >= 0.6 is 0 Å². The van der Waals surface area contributed by atoms with E-state index >= 15 is 0 Å². The van der Waals surface area contributed by atoms with Crippen LogP contribution in [0.2, 0.25) is 0 Å². The summed E-state index contributed by atoms with van der Waals surface area (Å²) >= 11 is 0. The van der Waals surface area contributed by atoms with Gasteiger partial charge >= 0.3 is 0 Å². The number of hydrogen-bond acceptors (Lipinski definition) is 2. The first-order valence-corrected chi connectivity index (χ1v) is 5.52. The lowest BCUT2D eigenvalue weighted by Gasteiger charge is -2.34. The molecule has 0 spiro atoms. The predicted molar refractivity (Wildman–Crippen MR) is 62.4 cm³/mol. The zero-order chi connectivity index (χ0) is 11.0. The Bertz CT molecular complexity index is 367. The summed E-state index contributed by atoms with van der Waals surface area (Å²) in [4.78, 5) is 0. The lowest BCUT2D eigenvalue weighted by molar-refractivity contribution is 0.349. The zero-order valence-electron chi connectivity index (χ0n) is 9.71. The highest BCUT2D eigenvalue weighted by atomic mass is 16.5. The second kappa shape index (κ2) is 3.86. The summed E-state index contributed by atoms with van der Waals surface area (Å²) in [6, 6.07) is 4.80. The molecule has 0 heterocycles. The number of ether oxygens (including phenoxy) is 1. The second-order valence-corrected chi connectivity index (χ2v) is 4.61. The third-order valence-corrected chi connectivity index (χ3v) is 3.40. The third kappa shape index (κ3) is 1.86. The maximum atomic E-state index is 5.83. The van der Waals surface area contributed by atoms with Gasteiger partial charge in [-0.1, -0.05) is 6.07 Å². The van der Waals surface area contributed by atoms with Crippen LogP contribution in [0.1, 0.15) is 35.4 Å². The zero-order valence-corrected chi connectivity index (χ0v) is 9.71. The first-order valence-electron chi connectivity index (χ1n) is 5.52. The summed E-state index contributed by atoms with van der Waals surface area (Å²) in [6.45, 7) is 4.25. The minimum atomic E-state index is 0.414. The number of methoxy groups -OCH3 is 1. The topological polar surface area (TPSA) is 35.2 Å². The molecule has 0 atom stereocenters. The lowest BCUT2D eigenvalue weighted by Crippen LogP contribution is -2.35. The molecule has 2 rings (SSSR count). The van der Waals surface area contributed by atoms with E-state index in [9.17, 15) is 0 Å². The molecular formula is C13H19NO. The van der Waals surface area contributed by atoms with Crippen molar-refractivity contribution >= 4 is 0 Å². The van der Waals surface area contributed by atoms with E-state index in [1.165, 1.54) is 16.7 Å². The molecule has 0 aliphatic heterocycles. The Morgan fingerprint density at radius 1 is 1.20 bits per heavy atom. The monoisotopic (exact) mass is 205 g/mol. The number of nitrogens with two attached hydrogens (primary N) is 1. The van der Waals surface area contributed by atoms with Crippen LogP contribution in [0.3, 0.4) is 0 Å². The standard InChI is InChI=1S/C13H19NO/c1-8-5-13(15-3)9(2)4-12(8)10-6-11(14)7-10/h4-5,10-11H,6-7,14H2,1-3H3. The first-order chi connectivity index (χ1) is 7.11. The summed E-state index contributed by atoms with van der Waals surface area (Å²) in [5.74, 6) is 1.66. The van der Waals surface area contributed by atoms with Crippen molar-refractivity contribution in [3.8, 4) is 5.75 Å². The number of hydrogen-bond donors (Lipinski definition) is 1. The van der Waals surface area contributed by atoms with Gasteiger partial charge in [0.25, 0.3) is 0 Å². The van der Waals surface area contributed by atoms with Gasteiger partial charge in [-0.05, 0) is 55.4 Å². The van der Waals surface area contributed by atoms with E-state index in [1.54, 1.807) is 7.11 Å². The molecular weight excluding hydrogens is 186 g/mol. The van der Waals surface area contributed by atoms with E-state index < -0.39 is 0 Å². The molecule has 1 aromatic rings. The van der Waals surface area contributed by atoms with Gasteiger partial charge in [-0.3, -0.25) is 0 Å². The minimum absolute atomic E-state index is 0.414. The summed E-state index contributed by atoms with van der Waals surface area (Å²) in [6.07, 6.45) is 2.26. The molecule has 1 saturated carbocycles. The fraction of sp³-hybridized carbons (Fsp3) is 0.538. The highest BCUT2D eigenvalue weighted by Crippen LogP contribution is 2.39. The molecule has 15 heavy (non-hydrogen) atoms. The number of rotatable bonds is 2. The Hall–Kier alpha value is -1.02. The first kappa shape index (κ1) is 10.5. The van der Waals surface area contributed by atoms with Crippen molar-refractivity contribution in [2.24, 2.45) is 5.73 Å². The Morgan fingerprint density at radius 3 is 2.40 bits per heavy atom. The van der Waals surface area contributed by atoms with Gasteiger partial charge in [0, 0.05) is 6.04 Å². The van der Waals surface area contributed by atoms with E-state index in [0.29, 0.717) is 12.0 Å². The molecule has 1 fully saturated rings. The van der Waals surface area contributed by atoms with Gasteiger partial charge in [-0.15, -0.1) is 0 Å². The molecule has 1 aliphatic carbocycles. The van der Waals surface area contributed by atoms with Crippen molar-refractivity contribution in [2.75, 3.05) is 7.11 Å². The Morgan fingerprint density at radius 2 is 1.87 bits per heavy atom. The van der Waals surface area contributed by atoms with Crippen LogP contribution in [0.5, 0.6) is 5.75 Å². The van der Waals surface area contributed by atoms with Crippen LogP contribution in [0.4, 0.5) is 0 Å². The van der Waals surface area contributed by atoms with Gasteiger partial charge in [0.2, 0.25) is 0 Å². The number of benzene rings is 1. The largest absolute Gasteiger partial charge is 0.496 e. The molecule has 1 aliphatic rings. The Labute approximate surface area is 91.4 Å². The Balaban J connectivity index is 2.29. The van der Waals surface area contributed by atoms with E-state index in [2.05, 4.69) is 26.0 Å². The maximum Gasteiger partial charge on any atom is 0.122 e. The normalized spacial score (nSPS) is 24.8. The highest BCUT2D eigenvalue weighted by molar-refractivity contribution is 5.43. The average Bonchev–Trinajstić information content (AvgIpc) is 2.16. The van der Waals surface area contributed by atoms with E-state index in [1.807, 2.05) is 0 Å². The molecule has 0 aromatic heterocycles. The molecule has 0 unspecified atom stereocenters. The van der Waals surface area contributed by atoms with Crippen molar-refractivity contribution < 1.29 is 4.74 Å². The average molecular weight is 205 g/mol. The molecule has 0 saturated heterocycles. The van der Waals surface area contributed by atoms with Crippen LogP contribution in [-0.2, 0) is 0 Å². The second-order valence-electron chi connectivity index (χ2n) is 4.61. The van der Waals surface area contributed by atoms with Crippen molar-refractivity contribution in [3.05, 3.63) is 28.8 Å². The molecule has 0 radical (unpaired) electrons. The van der Waals surface area contributed by atoms with E-state index in [4.69, 9.17) is 10.5 Å². The van der Waals surface area contributed by atoms with Gasteiger partial charge in [-0.25, -0.2) is 0 Å². The maximum absolute atomic E-state index is 5.83. The van der Waals surface area contributed by atoms with Crippen LogP contribution in [0.25, 0.3) is 0 Å². The molecule has 0 amide bonds. The van der Waals surface area contributed by atoms with Crippen LogP contribution in [0, 0.1) is 13.8 Å². The molecule has 2 heteroatoms. The van der Waals surface area contributed by atoms with E-state index in [0.717, 1.165) is 18.6 Å². The molecule has 1 aromatic carbocycles. The summed E-state index contributed by atoms with van der Waals surface area (Å²) in [5, 5.41) is 0. The molecule has 82 valence electrons. The molecule has 0 bridgehead atoms. The summed E-state index contributed by atoms with van der Waals surface area (Å²) in [5.41, 5.74) is 9.83. The summed E-state index contributed by atoms with van der Waals surface area (Å²) < 4.78 is 5.31. The van der Waals surface area contributed by atoms with Crippen molar-refractivity contribution in [1.29, 1.82) is 0 Å². The number of aryl methyl sites for hydroxylation is 2. The summed E-state index contributed by atoms with van der Waals surface area (Å²) in [7, 11) is 1.72. The fourth-order valence-electron chi connectivity index (χ4n) is 2.39. The van der Waals surface area contributed by atoms with Crippen LogP contribution < -0.4 is 10.5 Å². The van der Waals surface area contributed by atoms with Crippen LogP contribution in [-0.4, -0.2) is 13.2 Å². The fourth-order valence-corrected chi connectivity index (χ4v) is 2.39. The third-order valence-electron chi connectivity index (χ3n) is 3.40.